The number of thiazole rings is 1. The molecule has 0 saturated carbocycles. The van der Waals surface area contributed by atoms with Gasteiger partial charge in [-0.1, -0.05) is 23.5 Å². The molecule has 1 aromatic carbocycles. The average molecular weight is 270 g/mol. The van der Waals surface area contributed by atoms with Crippen molar-refractivity contribution in [3.8, 4) is 0 Å². The fraction of sp³-hybridized carbons (Fsp3) is 0.417. The molecule has 2 aromatic rings. The number of anilines is 1. The van der Waals surface area contributed by atoms with Crippen molar-refractivity contribution in [1.82, 2.24) is 10.3 Å². The van der Waals surface area contributed by atoms with Crippen LogP contribution in [0.15, 0.2) is 24.3 Å². The zero-order chi connectivity index (χ0) is 11.0. The third-order valence-corrected chi connectivity index (χ3v) is 4.29. The Kier molecular flexibility index (Phi) is 3.86. The number of benzene rings is 1. The van der Waals surface area contributed by atoms with Crippen molar-refractivity contribution in [2.75, 3.05) is 25.0 Å². The quantitative estimate of drug-likeness (QED) is 0.908. The van der Waals surface area contributed by atoms with Crippen molar-refractivity contribution >= 4 is 39.1 Å². The third-order valence-electron chi connectivity index (χ3n) is 3.17. The summed E-state index contributed by atoms with van der Waals surface area (Å²) in [7, 11) is 2.15. The number of halogens is 1. The molecule has 1 saturated heterocycles. The summed E-state index contributed by atoms with van der Waals surface area (Å²) in [6, 6.07) is 8.93. The van der Waals surface area contributed by atoms with Crippen LogP contribution in [0, 0.1) is 0 Å². The monoisotopic (exact) mass is 269 g/mol. The highest BCUT2D eigenvalue weighted by molar-refractivity contribution is 7.22. The van der Waals surface area contributed by atoms with Crippen molar-refractivity contribution in [2.45, 2.75) is 12.5 Å². The zero-order valence-electron chi connectivity index (χ0n) is 9.72. The van der Waals surface area contributed by atoms with E-state index in [1.54, 1.807) is 11.3 Å². The lowest BCUT2D eigenvalue weighted by molar-refractivity contribution is 0.684. The molecule has 17 heavy (non-hydrogen) atoms. The van der Waals surface area contributed by atoms with Crippen LogP contribution in [-0.4, -0.2) is 31.2 Å². The van der Waals surface area contributed by atoms with Crippen LogP contribution in [0.2, 0.25) is 0 Å². The molecule has 0 aliphatic carbocycles. The SMILES string of the molecule is CN(c1nc2ccccc2s1)C1CCNC1.Cl. The average Bonchev–Trinajstić information content (AvgIpc) is 2.97. The summed E-state index contributed by atoms with van der Waals surface area (Å²) in [4.78, 5) is 6.98. The molecule has 92 valence electrons. The van der Waals surface area contributed by atoms with E-state index in [1.165, 1.54) is 11.1 Å². The first kappa shape index (κ1) is 12.6. The van der Waals surface area contributed by atoms with E-state index in [-0.39, 0.29) is 12.4 Å². The molecule has 3 rings (SSSR count). The molecular formula is C12H16ClN3S. The largest absolute Gasteiger partial charge is 0.347 e. The van der Waals surface area contributed by atoms with Crippen LogP contribution in [0.5, 0.6) is 0 Å². The van der Waals surface area contributed by atoms with Crippen molar-refractivity contribution in [3.63, 3.8) is 0 Å². The smallest absolute Gasteiger partial charge is 0.186 e. The van der Waals surface area contributed by atoms with Gasteiger partial charge in [0.05, 0.1) is 10.2 Å². The van der Waals surface area contributed by atoms with Crippen LogP contribution >= 0.6 is 23.7 Å². The standard InChI is InChI=1S/C12H15N3S.ClH/c1-15(9-6-7-13-8-9)12-14-10-4-2-3-5-11(10)16-12;/h2-5,9,13H,6-8H2,1H3;1H. The Labute approximate surface area is 111 Å². The van der Waals surface area contributed by atoms with Crippen molar-refractivity contribution in [1.29, 1.82) is 0 Å². The van der Waals surface area contributed by atoms with Gasteiger partial charge in [0.2, 0.25) is 0 Å². The van der Waals surface area contributed by atoms with Crippen LogP contribution in [0.4, 0.5) is 5.13 Å². The zero-order valence-corrected chi connectivity index (χ0v) is 11.4. The number of hydrogen-bond acceptors (Lipinski definition) is 4. The Morgan fingerprint density at radius 2 is 2.24 bits per heavy atom. The summed E-state index contributed by atoms with van der Waals surface area (Å²) in [5, 5.41) is 4.53. The van der Waals surface area contributed by atoms with Gasteiger partial charge in [0.1, 0.15) is 0 Å². The minimum atomic E-state index is 0. The number of para-hydroxylation sites is 1. The highest BCUT2D eigenvalue weighted by atomic mass is 35.5. The molecule has 1 N–H and O–H groups in total. The Morgan fingerprint density at radius 1 is 1.41 bits per heavy atom. The second kappa shape index (κ2) is 5.21. The van der Waals surface area contributed by atoms with E-state index in [1.807, 2.05) is 6.07 Å². The van der Waals surface area contributed by atoms with Crippen LogP contribution in [-0.2, 0) is 0 Å². The Balaban J connectivity index is 0.00000108. The molecule has 1 fully saturated rings. The van der Waals surface area contributed by atoms with E-state index >= 15 is 0 Å². The summed E-state index contributed by atoms with van der Waals surface area (Å²) < 4.78 is 1.27. The van der Waals surface area contributed by atoms with E-state index < -0.39 is 0 Å². The van der Waals surface area contributed by atoms with E-state index in [4.69, 9.17) is 0 Å². The third kappa shape index (κ3) is 2.39. The minimum absolute atomic E-state index is 0. The lowest BCUT2D eigenvalue weighted by Gasteiger charge is -2.22. The number of likely N-dealkylation sites (N-methyl/N-ethyl adjacent to an activating group) is 1. The van der Waals surface area contributed by atoms with E-state index in [0.717, 1.165) is 23.7 Å². The molecule has 0 spiro atoms. The second-order valence-electron chi connectivity index (χ2n) is 4.22. The maximum absolute atomic E-state index is 4.67. The minimum Gasteiger partial charge on any atom is -0.347 e. The molecule has 3 nitrogen and oxygen atoms in total. The van der Waals surface area contributed by atoms with Gasteiger partial charge in [0.25, 0.3) is 0 Å². The van der Waals surface area contributed by atoms with E-state index in [2.05, 4.69) is 40.4 Å². The fourth-order valence-electron chi connectivity index (χ4n) is 2.14. The first-order valence-electron chi connectivity index (χ1n) is 5.64. The van der Waals surface area contributed by atoms with E-state index in [0.29, 0.717) is 6.04 Å². The van der Waals surface area contributed by atoms with Gasteiger partial charge in [-0.3, -0.25) is 0 Å². The van der Waals surface area contributed by atoms with Gasteiger partial charge in [-0.25, -0.2) is 4.98 Å². The predicted molar refractivity (Wildman–Crippen MR) is 76.5 cm³/mol. The van der Waals surface area contributed by atoms with Crippen molar-refractivity contribution < 1.29 is 0 Å². The number of nitrogens with one attached hydrogen (secondary N) is 1. The van der Waals surface area contributed by atoms with Crippen LogP contribution in [0.3, 0.4) is 0 Å². The molecule has 1 atom stereocenters. The van der Waals surface area contributed by atoms with Crippen LogP contribution in [0.1, 0.15) is 6.42 Å². The molecule has 0 radical (unpaired) electrons. The summed E-state index contributed by atoms with van der Waals surface area (Å²) in [5.74, 6) is 0. The number of hydrogen-bond donors (Lipinski definition) is 1. The molecule has 5 heteroatoms. The molecule has 0 bridgehead atoms. The van der Waals surface area contributed by atoms with Gasteiger partial charge in [0, 0.05) is 19.6 Å². The Morgan fingerprint density at radius 3 is 2.94 bits per heavy atom. The number of rotatable bonds is 2. The van der Waals surface area contributed by atoms with Gasteiger partial charge in [0.15, 0.2) is 5.13 Å². The highest BCUT2D eigenvalue weighted by Crippen LogP contribution is 2.29. The molecule has 1 aromatic heterocycles. The topological polar surface area (TPSA) is 28.2 Å². The lowest BCUT2D eigenvalue weighted by Crippen LogP contribution is -2.33. The Hall–Kier alpha value is -0.840. The normalized spacial score (nSPS) is 19.2. The van der Waals surface area contributed by atoms with Gasteiger partial charge in [-0.2, -0.15) is 0 Å². The summed E-state index contributed by atoms with van der Waals surface area (Å²) in [6.07, 6.45) is 1.21. The second-order valence-corrected chi connectivity index (χ2v) is 5.23. The fourth-order valence-corrected chi connectivity index (χ4v) is 3.14. The van der Waals surface area contributed by atoms with Crippen LogP contribution < -0.4 is 10.2 Å². The summed E-state index contributed by atoms with van der Waals surface area (Å²) >= 11 is 1.78. The van der Waals surface area contributed by atoms with Crippen molar-refractivity contribution in [2.24, 2.45) is 0 Å². The number of nitrogens with zero attached hydrogens (tertiary/aromatic N) is 2. The Bertz CT molecular complexity index is 460. The van der Waals surface area contributed by atoms with Gasteiger partial charge < -0.3 is 10.2 Å². The number of fused-ring (bicyclic) bond motifs is 1. The predicted octanol–water partition coefficient (Wildman–Crippen LogP) is 2.52. The van der Waals surface area contributed by atoms with Gasteiger partial charge in [-0.05, 0) is 25.1 Å². The molecule has 1 aliphatic rings. The van der Waals surface area contributed by atoms with Gasteiger partial charge >= 0.3 is 0 Å². The van der Waals surface area contributed by atoms with Crippen molar-refractivity contribution in [3.05, 3.63) is 24.3 Å². The molecule has 1 unspecified atom stereocenters. The van der Waals surface area contributed by atoms with Crippen LogP contribution in [0.25, 0.3) is 10.2 Å². The molecule has 1 aliphatic heterocycles. The molecule has 0 amide bonds. The maximum atomic E-state index is 4.67. The van der Waals surface area contributed by atoms with Gasteiger partial charge in [-0.15, -0.1) is 12.4 Å². The molecule has 2 heterocycles. The summed E-state index contributed by atoms with van der Waals surface area (Å²) in [6.45, 7) is 2.20. The molecular weight excluding hydrogens is 254 g/mol. The summed E-state index contributed by atoms with van der Waals surface area (Å²) in [5.41, 5.74) is 1.11. The first-order chi connectivity index (χ1) is 7.84. The number of aromatic nitrogens is 1. The maximum Gasteiger partial charge on any atom is 0.186 e. The lowest BCUT2D eigenvalue weighted by atomic mass is 10.2. The van der Waals surface area contributed by atoms with E-state index in [9.17, 15) is 0 Å². The first-order valence-corrected chi connectivity index (χ1v) is 6.45. The highest BCUT2D eigenvalue weighted by Gasteiger charge is 2.21.